The van der Waals surface area contributed by atoms with Crippen molar-refractivity contribution >= 4 is 27.4 Å². The predicted molar refractivity (Wildman–Crippen MR) is 81.8 cm³/mol. The summed E-state index contributed by atoms with van der Waals surface area (Å²) < 4.78 is 1.02. The number of benzene rings is 1. The van der Waals surface area contributed by atoms with E-state index in [0.29, 0.717) is 17.9 Å². The van der Waals surface area contributed by atoms with Crippen molar-refractivity contribution in [1.82, 2.24) is 4.98 Å². The zero-order chi connectivity index (χ0) is 14.7. The van der Waals surface area contributed by atoms with Crippen molar-refractivity contribution in [3.8, 4) is 0 Å². The van der Waals surface area contributed by atoms with Crippen molar-refractivity contribution in [2.45, 2.75) is 20.4 Å². The lowest BCUT2D eigenvalue weighted by atomic mass is 10.1. The van der Waals surface area contributed by atoms with E-state index in [1.54, 1.807) is 13.0 Å². The molecule has 1 N–H and O–H groups in total. The molecule has 6 heteroatoms. The minimum absolute atomic E-state index is 0.0363. The number of hydrogen-bond acceptors (Lipinski definition) is 4. The Kier molecular flexibility index (Phi) is 4.34. The number of rotatable bonds is 4. The van der Waals surface area contributed by atoms with Crippen LogP contribution in [0, 0.1) is 24.0 Å². The van der Waals surface area contributed by atoms with Crippen molar-refractivity contribution in [2.24, 2.45) is 0 Å². The largest absolute Gasteiger partial charge is 0.366 e. The van der Waals surface area contributed by atoms with Crippen LogP contribution in [0.25, 0.3) is 0 Å². The normalized spacial score (nSPS) is 10.3. The lowest BCUT2D eigenvalue weighted by Gasteiger charge is -2.09. The Morgan fingerprint density at radius 3 is 2.70 bits per heavy atom. The maximum atomic E-state index is 10.7. The molecule has 5 nitrogen and oxygen atoms in total. The van der Waals surface area contributed by atoms with E-state index in [1.807, 2.05) is 25.1 Å². The molecule has 0 saturated heterocycles. The molecule has 1 heterocycles. The number of nitrogens with zero attached hydrogens (tertiary/aromatic N) is 2. The van der Waals surface area contributed by atoms with Gasteiger partial charge in [0, 0.05) is 16.6 Å². The first kappa shape index (κ1) is 14.5. The van der Waals surface area contributed by atoms with E-state index < -0.39 is 4.92 Å². The van der Waals surface area contributed by atoms with Gasteiger partial charge in [-0.25, -0.2) is 4.98 Å². The van der Waals surface area contributed by atoms with Gasteiger partial charge in [-0.1, -0.05) is 22.0 Å². The molecule has 0 unspecified atom stereocenters. The first-order chi connectivity index (χ1) is 9.47. The van der Waals surface area contributed by atoms with Gasteiger partial charge in [0.25, 0.3) is 5.69 Å². The van der Waals surface area contributed by atoms with Gasteiger partial charge < -0.3 is 5.32 Å². The Labute approximate surface area is 125 Å². The monoisotopic (exact) mass is 335 g/mol. The summed E-state index contributed by atoms with van der Waals surface area (Å²) in [5.41, 5.74) is 2.96. The fraction of sp³-hybridized carbons (Fsp3) is 0.214. The van der Waals surface area contributed by atoms with Crippen LogP contribution in [-0.2, 0) is 6.54 Å². The summed E-state index contributed by atoms with van der Waals surface area (Å²) in [4.78, 5) is 14.4. The Hall–Kier alpha value is -1.95. The van der Waals surface area contributed by atoms with Crippen LogP contribution < -0.4 is 5.32 Å². The molecular formula is C14H14BrN3O2. The van der Waals surface area contributed by atoms with Gasteiger partial charge in [0.05, 0.1) is 4.92 Å². The van der Waals surface area contributed by atoms with Crippen molar-refractivity contribution < 1.29 is 4.92 Å². The Balaban J connectivity index is 2.13. The predicted octanol–water partition coefficient (Wildman–Crippen LogP) is 3.98. The molecule has 0 spiro atoms. The molecule has 0 saturated carbocycles. The van der Waals surface area contributed by atoms with Gasteiger partial charge in [0.2, 0.25) is 0 Å². The van der Waals surface area contributed by atoms with E-state index >= 15 is 0 Å². The van der Waals surface area contributed by atoms with Gasteiger partial charge in [-0.2, -0.15) is 0 Å². The molecule has 104 valence electrons. The summed E-state index contributed by atoms with van der Waals surface area (Å²) in [6, 6.07) is 7.76. The van der Waals surface area contributed by atoms with E-state index in [9.17, 15) is 10.1 Å². The summed E-state index contributed by atoms with van der Waals surface area (Å²) in [5.74, 6) is 0.632. The van der Waals surface area contributed by atoms with Crippen LogP contribution in [0.15, 0.2) is 34.9 Å². The Morgan fingerprint density at radius 1 is 1.30 bits per heavy atom. The third kappa shape index (κ3) is 3.33. The fourth-order valence-electron chi connectivity index (χ4n) is 1.85. The number of hydrogen-bond donors (Lipinski definition) is 1. The molecule has 1 aromatic heterocycles. The quantitative estimate of drug-likeness (QED) is 0.677. The first-order valence-corrected chi connectivity index (χ1v) is 6.86. The standard InChI is InChI=1S/C14H14BrN3O2/c1-9-3-4-12(15)6-11(9)7-16-14-5-10(2)13(8-17-14)18(19)20/h3-6,8H,7H2,1-2H3,(H,16,17). The number of pyridine rings is 1. The van der Waals surface area contributed by atoms with Crippen molar-refractivity contribution in [3.63, 3.8) is 0 Å². The van der Waals surface area contributed by atoms with Crippen LogP contribution in [0.2, 0.25) is 0 Å². The second-order valence-corrected chi connectivity index (χ2v) is 5.45. The Morgan fingerprint density at radius 2 is 2.05 bits per heavy atom. The molecule has 0 amide bonds. The summed E-state index contributed by atoms with van der Waals surface area (Å²) in [6.07, 6.45) is 1.28. The molecule has 2 rings (SSSR count). The zero-order valence-corrected chi connectivity index (χ0v) is 12.8. The second kappa shape index (κ2) is 6.00. The van der Waals surface area contributed by atoms with E-state index in [1.165, 1.54) is 11.8 Å². The van der Waals surface area contributed by atoms with Crippen LogP contribution in [0.5, 0.6) is 0 Å². The van der Waals surface area contributed by atoms with Gasteiger partial charge in [0.1, 0.15) is 12.0 Å². The van der Waals surface area contributed by atoms with Crippen molar-refractivity contribution in [1.29, 1.82) is 0 Å². The van der Waals surface area contributed by atoms with Gasteiger partial charge in [-0.3, -0.25) is 10.1 Å². The third-order valence-electron chi connectivity index (χ3n) is 3.05. The van der Waals surface area contributed by atoms with Gasteiger partial charge in [-0.05, 0) is 43.2 Å². The highest BCUT2D eigenvalue weighted by atomic mass is 79.9. The number of aromatic nitrogens is 1. The minimum Gasteiger partial charge on any atom is -0.366 e. The third-order valence-corrected chi connectivity index (χ3v) is 3.54. The van der Waals surface area contributed by atoms with E-state index in [-0.39, 0.29) is 5.69 Å². The van der Waals surface area contributed by atoms with Crippen LogP contribution in [0.3, 0.4) is 0 Å². The SMILES string of the molecule is Cc1ccc(Br)cc1CNc1cc(C)c([N+](=O)[O-])cn1. The molecule has 0 radical (unpaired) electrons. The molecule has 0 aliphatic rings. The van der Waals surface area contributed by atoms with E-state index in [4.69, 9.17) is 0 Å². The fourth-order valence-corrected chi connectivity index (χ4v) is 2.26. The summed E-state index contributed by atoms with van der Waals surface area (Å²) in [6.45, 7) is 4.36. The molecular weight excluding hydrogens is 322 g/mol. The van der Waals surface area contributed by atoms with Crippen molar-refractivity contribution in [3.05, 3.63) is 61.7 Å². The molecule has 0 aliphatic heterocycles. The molecule has 2 aromatic rings. The summed E-state index contributed by atoms with van der Waals surface area (Å²) >= 11 is 3.44. The smallest absolute Gasteiger partial charge is 0.290 e. The maximum Gasteiger partial charge on any atom is 0.290 e. The second-order valence-electron chi connectivity index (χ2n) is 4.54. The topological polar surface area (TPSA) is 68.1 Å². The molecule has 20 heavy (non-hydrogen) atoms. The number of aryl methyl sites for hydroxylation is 2. The highest BCUT2D eigenvalue weighted by Crippen LogP contribution is 2.20. The van der Waals surface area contributed by atoms with Gasteiger partial charge >= 0.3 is 0 Å². The van der Waals surface area contributed by atoms with Gasteiger partial charge in [-0.15, -0.1) is 0 Å². The van der Waals surface area contributed by atoms with E-state index in [0.717, 1.165) is 10.0 Å². The zero-order valence-electron chi connectivity index (χ0n) is 11.2. The Bertz CT molecular complexity index is 659. The first-order valence-electron chi connectivity index (χ1n) is 6.07. The van der Waals surface area contributed by atoms with Gasteiger partial charge in [0.15, 0.2) is 0 Å². The minimum atomic E-state index is -0.426. The summed E-state index contributed by atoms with van der Waals surface area (Å²) in [7, 11) is 0. The molecule has 0 aliphatic carbocycles. The van der Waals surface area contributed by atoms with Crippen molar-refractivity contribution in [2.75, 3.05) is 5.32 Å². The number of anilines is 1. The molecule has 0 fully saturated rings. The average Bonchev–Trinajstić information content (AvgIpc) is 2.39. The van der Waals surface area contributed by atoms with Crippen LogP contribution >= 0.6 is 15.9 Å². The maximum absolute atomic E-state index is 10.7. The molecule has 1 aromatic carbocycles. The number of nitro groups is 1. The van der Waals surface area contributed by atoms with Crippen LogP contribution in [0.4, 0.5) is 11.5 Å². The van der Waals surface area contributed by atoms with E-state index in [2.05, 4.69) is 26.2 Å². The highest BCUT2D eigenvalue weighted by molar-refractivity contribution is 9.10. The molecule has 0 bridgehead atoms. The molecule has 0 atom stereocenters. The van der Waals surface area contributed by atoms with Crippen LogP contribution in [-0.4, -0.2) is 9.91 Å². The number of halogens is 1. The average molecular weight is 336 g/mol. The lowest BCUT2D eigenvalue weighted by molar-refractivity contribution is -0.385. The summed E-state index contributed by atoms with van der Waals surface area (Å²) in [5, 5.41) is 13.9. The van der Waals surface area contributed by atoms with Crippen LogP contribution in [0.1, 0.15) is 16.7 Å². The number of nitrogens with one attached hydrogen (secondary N) is 1. The lowest BCUT2D eigenvalue weighted by Crippen LogP contribution is -2.04. The highest BCUT2D eigenvalue weighted by Gasteiger charge is 2.11.